The van der Waals surface area contributed by atoms with Gasteiger partial charge in [0.25, 0.3) is 0 Å². The average molecular weight is 466 g/mol. The van der Waals surface area contributed by atoms with Gasteiger partial charge in [-0.1, -0.05) is 23.8 Å². The highest BCUT2D eigenvalue weighted by Crippen LogP contribution is 2.57. The molecule has 6 atom stereocenters. The summed E-state index contributed by atoms with van der Waals surface area (Å²) in [5.41, 5.74) is 12.5. The summed E-state index contributed by atoms with van der Waals surface area (Å²) >= 11 is 0. The van der Waals surface area contributed by atoms with Crippen LogP contribution in [-0.2, 0) is 19.2 Å². The summed E-state index contributed by atoms with van der Waals surface area (Å²) in [6.07, 6.45) is 2.00. The van der Waals surface area contributed by atoms with Gasteiger partial charge in [0.2, 0.25) is 23.6 Å². The first kappa shape index (κ1) is 21.8. The Morgan fingerprint density at radius 1 is 0.882 bits per heavy atom. The van der Waals surface area contributed by atoms with Gasteiger partial charge in [-0.3, -0.25) is 19.2 Å². The molecule has 5 rings (SSSR count). The number of carbonyl (C=O) groups is 6. The second-order valence-corrected chi connectivity index (χ2v) is 9.27. The first-order chi connectivity index (χ1) is 16.0. The van der Waals surface area contributed by atoms with Crippen molar-refractivity contribution >= 4 is 35.7 Å². The number of aryl methyl sites for hydroxylation is 1. The number of hydrogen-bond donors (Lipinski definition) is 3. The molecule has 176 valence electrons. The predicted octanol–water partition coefficient (Wildman–Crippen LogP) is 0.494. The molecule has 11 heteroatoms. The standard InChI is InChI=1S/C23H22N4O7/c1-8-6-9(2-5-14(8)28)15-10-3-4-11-16(20(31)26(18(11)29)22(24)33)12(10)7-13-17(15)21(32)27(19(13)30)23(25)34/h2-3,5-6,11-13,15-17,28H,4,7H2,1H3,(H2,24,33)(H2,25,34)/t11-,12+,13+,15-,16-,17+/m0/s1. The molecule has 2 aliphatic heterocycles. The van der Waals surface area contributed by atoms with Crippen LogP contribution in [0.15, 0.2) is 29.8 Å². The lowest BCUT2D eigenvalue weighted by Gasteiger charge is -2.44. The molecular formula is C23H22N4O7. The number of primary amides is 2. The van der Waals surface area contributed by atoms with E-state index in [1.54, 1.807) is 25.1 Å². The highest BCUT2D eigenvalue weighted by molar-refractivity contribution is 6.18. The van der Waals surface area contributed by atoms with E-state index in [9.17, 15) is 33.9 Å². The first-order valence-corrected chi connectivity index (χ1v) is 10.9. The Labute approximate surface area is 193 Å². The number of amides is 8. The maximum absolute atomic E-state index is 13.2. The average Bonchev–Trinajstić information content (AvgIpc) is 3.18. The van der Waals surface area contributed by atoms with Crippen molar-refractivity contribution in [2.75, 3.05) is 0 Å². The Kier molecular flexibility index (Phi) is 4.64. The van der Waals surface area contributed by atoms with Crippen LogP contribution in [0.2, 0.25) is 0 Å². The van der Waals surface area contributed by atoms with Crippen molar-refractivity contribution in [3.8, 4) is 5.75 Å². The smallest absolute Gasteiger partial charge is 0.328 e. The number of fused-ring (bicyclic) bond motifs is 4. The van der Waals surface area contributed by atoms with Gasteiger partial charge in [0, 0.05) is 5.92 Å². The van der Waals surface area contributed by atoms with Crippen LogP contribution in [0.5, 0.6) is 5.75 Å². The number of aromatic hydroxyl groups is 1. The Morgan fingerprint density at radius 2 is 1.47 bits per heavy atom. The topological polar surface area (TPSA) is 181 Å². The number of phenols is 1. The third kappa shape index (κ3) is 2.76. The largest absolute Gasteiger partial charge is 0.508 e. The lowest BCUT2D eigenvalue weighted by atomic mass is 9.57. The van der Waals surface area contributed by atoms with Gasteiger partial charge < -0.3 is 16.6 Å². The lowest BCUT2D eigenvalue weighted by molar-refractivity contribution is -0.138. The van der Waals surface area contributed by atoms with E-state index in [1.807, 2.05) is 0 Å². The van der Waals surface area contributed by atoms with Crippen LogP contribution in [0.25, 0.3) is 0 Å². The quantitative estimate of drug-likeness (QED) is 0.398. The number of nitrogens with zero attached hydrogens (tertiary/aromatic N) is 2. The fourth-order valence-electron chi connectivity index (χ4n) is 6.27. The van der Waals surface area contributed by atoms with Gasteiger partial charge in [0.1, 0.15) is 5.75 Å². The zero-order chi connectivity index (χ0) is 24.6. The minimum absolute atomic E-state index is 0.0468. The van der Waals surface area contributed by atoms with Gasteiger partial charge >= 0.3 is 12.1 Å². The summed E-state index contributed by atoms with van der Waals surface area (Å²) in [5.74, 6) is -7.69. The SMILES string of the molecule is Cc1cc([C@H]2C3=CC[C@@H]4C(=O)N(C(N)=O)C(=O)[C@@H]4[C@@H]3C[C@H]3C(=O)N(C(N)=O)C(=O)[C@@H]23)ccc1O. The number of nitrogens with two attached hydrogens (primary N) is 2. The van der Waals surface area contributed by atoms with Gasteiger partial charge in [0.05, 0.1) is 23.7 Å². The number of hydrogen-bond acceptors (Lipinski definition) is 7. The molecule has 1 saturated carbocycles. The predicted molar refractivity (Wildman–Crippen MR) is 113 cm³/mol. The monoisotopic (exact) mass is 466 g/mol. The molecule has 0 spiro atoms. The number of allylic oxidation sites excluding steroid dienone is 2. The van der Waals surface area contributed by atoms with Gasteiger partial charge in [-0.15, -0.1) is 0 Å². The number of urea groups is 2. The molecule has 5 N–H and O–H groups in total. The van der Waals surface area contributed by atoms with E-state index < -0.39 is 71.2 Å². The van der Waals surface area contributed by atoms with Gasteiger partial charge in [0.15, 0.2) is 0 Å². The van der Waals surface area contributed by atoms with E-state index in [-0.39, 0.29) is 18.6 Å². The molecule has 1 aromatic rings. The summed E-state index contributed by atoms with van der Waals surface area (Å²) in [6.45, 7) is 1.68. The number of benzene rings is 1. The molecule has 34 heavy (non-hydrogen) atoms. The molecule has 0 bridgehead atoms. The zero-order valence-corrected chi connectivity index (χ0v) is 18.1. The van der Waals surface area contributed by atoms with Crippen molar-refractivity contribution in [2.45, 2.75) is 25.7 Å². The van der Waals surface area contributed by atoms with Crippen LogP contribution in [0.4, 0.5) is 9.59 Å². The van der Waals surface area contributed by atoms with E-state index in [0.29, 0.717) is 26.5 Å². The van der Waals surface area contributed by atoms with Crippen molar-refractivity contribution in [2.24, 2.45) is 41.1 Å². The summed E-state index contributed by atoms with van der Waals surface area (Å²) in [4.78, 5) is 76.8. The molecular weight excluding hydrogens is 444 g/mol. The summed E-state index contributed by atoms with van der Waals surface area (Å²) in [6, 6.07) is 2.46. The van der Waals surface area contributed by atoms with Crippen LogP contribution in [0, 0.1) is 36.5 Å². The molecule has 2 saturated heterocycles. The highest BCUT2D eigenvalue weighted by Gasteiger charge is 2.63. The van der Waals surface area contributed by atoms with Crippen LogP contribution >= 0.6 is 0 Å². The number of imide groups is 6. The number of carbonyl (C=O) groups excluding carboxylic acids is 6. The van der Waals surface area contributed by atoms with Crippen molar-refractivity contribution in [3.63, 3.8) is 0 Å². The van der Waals surface area contributed by atoms with Crippen molar-refractivity contribution < 1.29 is 33.9 Å². The van der Waals surface area contributed by atoms with Crippen LogP contribution in [0.1, 0.15) is 29.9 Å². The van der Waals surface area contributed by atoms with E-state index in [1.165, 1.54) is 6.07 Å². The molecule has 8 amide bonds. The van der Waals surface area contributed by atoms with Crippen LogP contribution < -0.4 is 11.5 Å². The molecule has 0 aromatic heterocycles. The Balaban J connectivity index is 1.66. The van der Waals surface area contributed by atoms with Crippen LogP contribution in [0.3, 0.4) is 0 Å². The molecule has 11 nitrogen and oxygen atoms in total. The van der Waals surface area contributed by atoms with Gasteiger partial charge in [-0.25, -0.2) is 9.59 Å². The van der Waals surface area contributed by atoms with Crippen molar-refractivity contribution in [1.29, 1.82) is 0 Å². The maximum atomic E-state index is 13.2. The summed E-state index contributed by atoms with van der Waals surface area (Å²) in [5, 5.41) is 10.0. The minimum Gasteiger partial charge on any atom is -0.508 e. The lowest BCUT2D eigenvalue weighted by Crippen LogP contribution is -2.44. The molecule has 0 radical (unpaired) electrons. The molecule has 2 aliphatic carbocycles. The van der Waals surface area contributed by atoms with Crippen molar-refractivity contribution in [1.82, 2.24) is 9.80 Å². The van der Waals surface area contributed by atoms with Crippen molar-refractivity contribution in [3.05, 3.63) is 41.0 Å². The number of phenolic OH excluding ortho intramolecular Hbond substituents is 1. The second kappa shape index (κ2) is 7.24. The van der Waals surface area contributed by atoms with Gasteiger partial charge in [-0.2, -0.15) is 9.80 Å². The number of likely N-dealkylation sites (tertiary alicyclic amines) is 2. The van der Waals surface area contributed by atoms with E-state index in [2.05, 4.69) is 0 Å². The van der Waals surface area contributed by atoms with Gasteiger partial charge in [-0.05, 0) is 42.9 Å². The molecule has 3 fully saturated rings. The molecule has 0 unspecified atom stereocenters. The summed E-state index contributed by atoms with van der Waals surface area (Å²) in [7, 11) is 0. The fourth-order valence-corrected chi connectivity index (χ4v) is 6.27. The summed E-state index contributed by atoms with van der Waals surface area (Å²) < 4.78 is 0. The minimum atomic E-state index is -1.17. The molecule has 1 aromatic carbocycles. The Morgan fingerprint density at radius 3 is 2.06 bits per heavy atom. The third-order valence-corrected chi connectivity index (χ3v) is 7.67. The molecule has 4 aliphatic rings. The fraction of sp³-hybridized carbons (Fsp3) is 0.391. The third-order valence-electron chi connectivity index (χ3n) is 7.67. The Hall–Kier alpha value is -4.02. The maximum Gasteiger partial charge on any atom is 0.328 e. The zero-order valence-electron chi connectivity index (χ0n) is 18.1. The van der Waals surface area contributed by atoms with Crippen LogP contribution in [-0.4, -0.2) is 50.6 Å². The van der Waals surface area contributed by atoms with E-state index >= 15 is 0 Å². The van der Waals surface area contributed by atoms with E-state index in [0.717, 1.165) is 0 Å². The van der Waals surface area contributed by atoms with E-state index in [4.69, 9.17) is 11.5 Å². The highest BCUT2D eigenvalue weighted by atomic mass is 16.3. The second-order valence-electron chi connectivity index (χ2n) is 9.27. The normalized spacial score (nSPS) is 32.3. The number of rotatable bonds is 1. The first-order valence-electron chi connectivity index (χ1n) is 10.9. The molecule has 2 heterocycles. The Bertz CT molecular complexity index is 1240.